The van der Waals surface area contributed by atoms with Gasteiger partial charge in [-0.1, -0.05) is 111 Å². The van der Waals surface area contributed by atoms with E-state index >= 15 is 0 Å². The molecule has 0 amide bonds. The molecule has 0 spiro atoms. The van der Waals surface area contributed by atoms with Gasteiger partial charge in [0.2, 0.25) is 0 Å². The molecule has 1 aliphatic rings. The van der Waals surface area contributed by atoms with Crippen molar-refractivity contribution < 1.29 is 0 Å². The van der Waals surface area contributed by atoms with Crippen LogP contribution >= 0.6 is 11.3 Å². The smallest absolute Gasteiger partial charge is 0.160 e. The highest BCUT2D eigenvalue weighted by atomic mass is 32.1. The van der Waals surface area contributed by atoms with Gasteiger partial charge in [0.15, 0.2) is 5.82 Å². The summed E-state index contributed by atoms with van der Waals surface area (Å²) in [6.45, 7) is 4.60. The summed E-state index contributed by atoms with van der Waals surface area (Å²) in [7, 11) is 0. The second kappa shape index (κ2) is 10.3. The molecule has 46 heavy (non-hydrogen) atoms. The molecule has 9 rings (SSSR count). The molecule has 0 radical (unpaired) electrons. The minimum Gasteiger partial charge on any atom is -0.265 e. The predicted molar refractivity (Wildman–Crippen MR) is 192 cm³/mol. The Morgan fingerprint density at radius 2 is 1.17 bits per heavy atom. The second-order valence-corrected chi connectivity index (χ2v) is 13.5. The molecule has 0 unspecified atom stereocenters. The Bertz CT molecular complexity index is 2460. The first-order valence-electron chi connectivity index (χ1n) is 15.6. The molecule has 0 saturated heterocycles. The molecule has 1 aliphatic carbocycles. The van der Waals surface area contributed by atoms with Crippen LogP contribution in [0, 0.1) is 0 Å². The summed E-state index contributed by atoms with van der Waals surface area (Å²) in [6, 6.07) is 45.6. The Balaban J connectivity index is 1.27. The van der Waals surface area contributed by atoms with Crippen molar-refractivity contribution in [1.29, 1.82) is 0 Å². The molecule has 3 heterocycles. The predicted octanol–water partition coefficient (Wildman–Crippen LogP) is 11.2. The third-order valence-corrected chi connectivity index (χ3v) is 10.6. The van der Waals surface area contributed by atoms with Gasteiger partial charge in [-0.05, 0) is 58.1 Å². The van der Waals surface area contributed by atoms with E-state index in [-0.39, 0.29) is 5.41 Å². The van der Waals surface area contributed by atoms with E-state index in [2.05, 4.69) is 134 Å². The molecule has 218 valence electrons. The molecule has 5 aromatic carbocycles. The van der Waals surface area contributed by atoms with Crippen LogP contribution in [0.2, 0.25) is 0 Å². The van der Waals surface area contributed by atoms with Gasteiger partial charge in [-0.3, -0.25) is 4.98 Å². The van der Waals surface area contributed by atoms with Gasteiger partial charge < -0.3 is 0 Å². The molecule has 4 heteroatoms. The summed E-state index contributed by atoms with van der Waals surface area (Å²) in [5, 5.41) is 2.62. The molecule has 0 aliphatic heterocycles. The van der Waals surface area contributed by atoms with E-state index in [4.69, 9.17) is 9.97 Å². The van der Waals surface area contributed by atoms with Gasteiger partial charge in [0, 0.05) is 60.2 Å². The Kier molecular flexibility index (Phi) is 6.02. The average Bonchev–Trinajstić information content (AvgIpc) is 3.61. The number of thiophene rings is 1. The van der Waals surface area contributed by atoms with Crippen LogP contribution in [-0.2, 0) is 5.41 Å². The minimum absolute atomic E-state index is 0.250. The van der Waals surface area contributed by atoms with Crippen LogP contribution in [0.25, 0.3) is 76.3 Å². The zero-order chi connectivity index (χ0) is 30.8. The van der Waals surface area contributed by atoms with E-state index in [9.17, 15) is 0 Å². The molecule has 0 saturated carbocycles. The maximum absolute atomic E-state index is 5.41. The molecular formula is C42H29N3S. The van der Waals surface area contributed by atoms with Crippen LogP contribution in [0.5, 0.6) is 0 Å². The molecule has 3 nitrogen and oxygen atoms in total. The Hall–Kier alpha value is -5.45. The number of rotatable bonds is 4. The first-order valence-corrected chi connectivity index (χ1v) is 16.4. The lowest BCUT2D eigenvalue weighted by Crippen LogP contribution is -2.17. The fourth-order valence-corrected chi connectivity index (χ4v) is 8.38. The van der Waals surface area contributed by atoms with E-state index in [0.29, 0.717) is 0 Å². The number of hydrogen-bond donors (Lipinski definition) is 0. The number of hydrogen-bond acceptors (Lipinski definition) is 4. The van der Waals surface area contributed by atoms with Crippen molar-refractivity contribution in [2.75, 3.05) is 0 Å². The van der Waals surface area contributed by atoms with E-state index < -0.39 is 0 Å². The molecule has 0 bridgehead atoms. The van der Waals surface area contributed by atoms with Crippen LogP contribution in [0.15, 0.2) is 140 Å². The number of fused-ring (bicyclic) bond motifs is 6. The molecular weight excluding hydrogens is 579 g/mol. The van der Waals surface area contributed by atoms with Crippen molar-refractivity contribution in [3.63, 3.8) is 0 Å². The van der Waals surface area contributed by atoms with Crippen LogP contribution in [0.1, 0.15) is 25.0 Å². The molecule has 8 aromatic rings. The van der Waals surface area contributed by atoms with Crippen molar-refractivity contribution in [1.82, 2.24) is 15.0 Å². The molecule has 0 N–H and O–H groups in total. The van der Waals surface area contributed by atoms with Gasteiger partial charge in [0.1, 0.15) is 0 Å². The summed E-state index contributed by atoms with van der Waals surface area (Å²) >= 11 is 1.87. The lowest BCUT2D eigenvalue weighted by Gasteiger charge is -2.24. The van der Waals surface area contributed by atoms with Gasteiger partial charge in [0.25, 0.3) is 0 Å². The maximum Gasteiger partial charge on any atom is 0.160 e. The molecule has 0 fully saturated rings. The van der Waals surface area contributed by atoms with Gasteiger partial charge in [-0.15, -0.1) is 11.3 Å². The van der Waals surface area contributed by atoms with Gasteiger partial charge in [-0.2, -0.15) is 0 Å². The highest BCUT2D eigenvalue weighted by Gasteiger charge is 2.40. The van der Waals surface area contributed by atoms with E-state index in [1.165, 1.54) is 48.0 Å². The Labute approximate surface area is 271 Å². The third kappa shape index (κ3) is 4.14. The summed E-state index contributed by atoms with van der Waals surface area (Å²) < 4.78 is 2.63. The lowest BCUT2D eigenvalue weighted by atomic mass is 9.80. The average molecular weight is 608 g/mol. The van der Waals surface area contributed by atoms with Crippen molar-refractivity contribution >= 4 is 31.5 Å². The first kappa shape index (κ1) is 26.9. The largest absolute Gasteiger partial charge is 0.265 e. The van der Waals surface area contributed by atoms with Crippen LogP contribution < -0.4 is 0 Å². The van der Waals surface area contributed by atoms with Crippen molar-refractivity contribution in [2.24, 2.45) is 0 Å². The fraction of sp³-hybridized carbons (Fsp3) is 0.0714. The number of pyridine rings is 1. The van der Waals surface area contributed by atoms with Gasteiger partial charge >= 0.3 is 0 Å². The van der Waals surface area contributed by atoms with Crippen LogP contribution in [0.3, 0.4) is 0 Å². The fourth-order valence-electron chi connectivity index (χ4n) is 7.15. The zero-order valence-electron chi connectivity index (χ0n) is 25.5. The van der Waals surface area contributed by atoms with E-state index in [0.717, 1.165) is 39.5 Å². The maximum atomic E-state index is 5.41. The Morgan fingerprint density at radius 3 is 2.07 bits per heavy atom. The Morgan fingerprint density at radius 1 is 0.522 bits per heavy atom. The third-order valence-electron chi connectivity index (χ3n) is 9.38. The van der Waals surface area contributed by atoms with E-state index in [1.807, 2.05) is 35.9 Å². The van der Waals surface area contributed by atoms with Crippen molar-refractivity contribution in [2.45, 2.75) is 19.3 Å². The zero-order valence-corrected chi connectivity index (χ0v) is 26.3. The van der Waals surface area contributed by atoms with Crippen LogP contribution in [0.4, 0.5) is 0 Å². The molecule has 3 aromatic heterocycles. The minimum atomic E-state index is -0.250. The number of benzene rings is 5. The summed E-state index contributed by atoms with van der Waals surface area (Å²) in [6.07, 6.45) is 3.66. The topological polar surface area (TPSA) is 38.7 Å². The lowest BCUT2D eigenvalue weighted by molar-refractivity contribution is 0.658. The summed E-state index contributed by atoms with van der Waals surface area (Å²) in [5.41, 5.74) is 12.2. The monoisotopic (exact) mass is 607 g/mol. The highest BCUT2D eigenvalue weighted by molar-refractivity contribution is 7.26. The number of aromatic nitrogens is 3. The van der Waals surface area contributed by atoms with Crippen LogP contribution in [-0.4, -0.2) is 15.0 Å². The highest BCUT2D eigenvalue weighted by Crippen LogP contribution is 2.51. The van der Waals surface area contributed by atoms with E-state index in [1.54, 1.807) is 0 Å². The number of nitrogens with zero attached hydrogens (tertiary/aromatic N) is 3. The van der Waals surface area contributed by atoms with Crippen molar-refractivity contribution in [3.8, 4) is 56.2 Å². The SMILES string of the molecule is CC1(C)c2ccccc2-c2nc(-c3cccc(-c4ccncc4)c3)nc(-c3cccc(-c4cccc5c4sc4ccccc45)c3)c21. The summed E-state index contributed by atoms with van der Waals surface area (Å²) in [4.78, 5) is 14.9. The second-order valence-electron chi connectivity index (χ2n) is 12.5. The van der Waals surface area contributed by atoms with Gasteiger partial charge in [-0.25, -0.2) is 9.97 Å². The first-order chi connectivity index (χ1) is 22.6. The quantitative estimate of drug-likeness (QED) is 0.200. The normalized spacial score (nSPS) is 13.2. The standard InChI is InChI=1S/C42H29N3S/c1-42(2)35-18-5-3-15-34(35)39-37(42)38(44-41(45-39)30-13-7-10-27(24-30)26-20-22-43-23-21-26)29-12-8-11-28(25-29)31-16-9-17-33-32-14-4-6-19-36(32)46-40(31)33/h3-25H,1-2H3. The summed E-state index contributed by atoms with van der Waals surface area (Å²) in [5.74, 6) is 0.731. The molecule has 0 atom stereocenters. The van der Waals surface area contributed by atoms with Crippen molar-refractivity contribution in [3.05, 3.63) is 151 Å². The van der Waals surface area contributed by atoms with Gasteiger partial charge in [0.05, 0.1) is 11.4 Å².